The largest absolute Gasteiger partial charge is 0.497 e. The normalized spacial score (nSPS) is 11.2. The molecule has 0 saturated heterocycles. The molecular weight excluding hydrogens is 442 g/mol. The molecule has 2 aromatic carbocycles. The Morgan fingerprint density at radius 1 is 1.25 bits per heavy atom. The summed E-state index contributed by atoms with van der Waals surface area (Å²) in [7, 11) is 1.58. The number of amides is 1. The monoisotopic (exact) mass is 455 g/mol. The predicted octanol–water partition coefficient (Wildman–Crippen LogP) is 5.34. The summed E-state index contributed by atoms with van der Waals surface area (Å²) in [5.41, 5.74) is 1.27. The highest BCUT2D eigenvalue weighted by atomic mass is 79.9. The molecule has 4 rings (SSSR count). The van der Waals surface area contributed by atoms with Crippen molar-refractivity contribution in [1.82, 2.24) is 4.98 Å². The number of fused-ring (bicyclic) bond motifs is 1. The maximum Gasteiger partial charge on any atom is 0.280 e. The number of hydrogen-bond donors (Lipinski definition) is 0. The van der Waals surface area contributed by atoms with Crippen molar-refractivity contribution in [2.75, 3.05) is 12.1 Å². The topological polar surface area (TPSA) is 67.9 Å². The number of rotatable bonds is 5. The van der Waals surface area contributed by atoms with Crippen molar-refractivity contribution in [3.05, 3.63) is 76.7 Å². The third kappa shape index (κ3) is 3.83. The van der Waals surface area contributed by atoms with E-state index in [-0.39, 0.29) is 5.91 Å². The van der Waals surface area contributed by atoms with Crippen molar-refractivity contribution in [2.24, 2.45) is 5.10 Å². The number of furan rings is 1. The molecule has 0 aliphatic heterocycles. The van der Waals surface area contributed by atoms with E-state index < -0.39 is 0 Å². The second kappa shape index (κ2) is 7.95. The van der Waals surface area contributed by atoms with E-state index in [1.54, 1.807) is 49.8 Å². The first-order chi connectivity index (χ1) is 13.6. The first-order valence-electron chi connectivity index (χ1n) is 8.26. The van der Waals surface area contributed by atoms with Crippen LogP contribution in [0.2, 0.25) is 0 Å². The van der Waals surface area contributed by atoms with Gasteiger partial charge in [0.15, 0.2) is 0 Å². The maximum atomic E-state index is 13.1. The summed E-state index contributed by atoms with van der Waals surface area (Å²) in [6.07, 6.45) is 3.04. The summed E-state index contributed by atoms with van der Waals surface area (Å²) in [4.78, 5) is 17.7. The Balaban J connectivity index is 1.74. The van der Waals surface area contributed by atoms with E-state index in [1.165, 1.54) is 22.6 Å². The van der Waals surface area contributed by atoms with Crippen LogP contribution in [-0.4, -0.2) is 24.2 Å². The molecule has 0 bridgehead atoms. The fraction of sp³-hybridized carbons (Fsp3) is 0.0500. The number of methoxy groups -OCH3 is 1. The van der Waals surface area contributed by atoms with Crippen molar-refractivity contribution >= 4 is 54.7 Å². The van der Waals surface area contributed by atoms with Gasteiger partial charge in [-0.15, -0.1) is 0 Å². The Bertz CT molecular complexity index is 1140. The van der Waals surface area contributed by atoms with Crippen molar-refractivity contribution in [3.63, 3.8) is 0 Å². The zero-order chi connectivity index (χ0) is 19.5. The van der Waals surface area contributed by atoms with E-state index in [0.717, 1.165) is 14.7 Å². The molecule has 2 aromatic heterocycles. The highest BCUT2D eigenvalue weighted by Crippen LogP contribution is 2.32. The molecule has 0 unspecified atom stereocenters. The van der Waals surface area contributed by atoms with Gasteiger partial charge in [-0.2, -0.15) is 10.1 Å². The quantitative estimate of drug-likeness (QED) is 0.300. The van der Waals surface area contributed by atoms with Gasteiger partial charge in [-0.3, -0.25) is 4.79 Å². The third-order valence-corrected chi connectivity index (χ3v) is 5.38. The summed E-state index contributed by atoms with van der Waals surface area (Å²) >= 11 is 4.84. The molecule has 0 fully saturated rings. The molecule has 0 spiro atoms. The van der Waals surface area contributed by atoms with Crippen LogP contribution >= 0.6 is 27.3 Å². The van der Waals surface area contributed by atoms with Gasteiger partial charge >= 0.3 is 0 Å². The van der Waals surface area contributed by atoms with E-state index in [4.69, 9.17) is 9.15 Å². The van der Waals surface area contributed by atoms with Gasteiger partial charge in [0.2, 0.25) is 5.13 Å². The van der Waals surface area contributed by atoms with E-state index >= 15 is 0 Å². The highest BCUT2D eigenvalue weighted by Gasteiger charge is 2.21. The Morgan fingerprint density at radius 3 is 2.79 bits per heavy atom. The summed E-state index contributed by atoms with van der Waals surface area (Å²) in [5, 5.41) is 6.09. The Hall–Kier alpha value is -2.97. The average Bonchev–Trinajstić information content (AvgIpc) is 3.37. The van der Waals surface area contributed by atoms with Crippen LogP contribution in [-0.2, 0) is 0 Å². The van der Waals surface area contributed by atoms with Crippen LogP contribution in [0.3, 0.4) is 0 Å². The Morgan fingerprint density at radius 2 is 2.07 bits per heavy atom. The van der Waals surface area contributed by atoms with E-state index in [1.807, 2.05) is 18.2 Å². The lowest BCUT2D eigenvalue weighted by Crippen LogP contribution is -2.25. The zero-order valence-corrected chi connectivity index (χ0v) is 17.1. The summed E-state index contributed by atoms with van der Waals surface area (Å²) in [6, 6.07) is 16.1. The molecule has 4 aromatic rings. The van der Waals surface area contributed by atoms with Crippen molar-refractivity contribution in [3.8, 4) is 5.75 Å². The van der Waals surface area contributed by atoms with Gasteiger partial charge < -0.3 is 9.15 Å². The number of benzene rings is 2. The summed E-state index contributed by atoms with van der Waals surface area (Å²) in [5.74, 6) is 0.909. The molecule has 0 saturated carbocycles. The first kappa shape index (κ1) is 18.4. The fourth-order valence-corrected chi connectivity index (χ4v) is 3.97. The summed E-state index contributed by atoms with van der Waals surface area (Å²) in [6.45, 7) is 0. The number of hydrazone groups is 1. The minimum absolute atomic E-state index is 0.302. The summed E-state index contributed by atoms with van der Waals surface area (Å²) < 4.78 is 12.3. The van der Waals surface area contributed by atoms with Gasteiger partial charge in [-0.05, 0) is 54.6 Å². The van der Waals surface area contributed by atoms with Crippen LogP contribution in [0, 0.1) is 0 Å². The lowest BCUT2D eigenvalue weighted by atomic mass is 10.2. The number of anilines is 1. The van der Waals surface area contributed by atoms with Crippen molar-refractivity contribution in [2.45, 2.75) is 0 Å². The fourth-order valence-electron chi connectivity index (χ4n) is 2.50. The number of carbonyl (C=O) groups excluding carboxylic acids is 1. The van der Waals surface area contributed by atoms with Crippen LogP contribution in [0.5, 0.6) is 5.75 Å². The number of thiazole rings is 1. The molecule has 28 heavy (non-hydrogen) atoms. The molecule has 0 atom stereocenters. The molecule has 6 nitrogen and oxygen atoms in total. The lowest BCUT2D eigenvalue weighted by molar-refractivity contribution is 0.0988. The Kier molecular flexibility index (Phi) is 5.23. The molecule has 0 N–H and O–H groups in total. The predicted molar refractivity (Wildman–Crippen MR) is 113 cm³/mol. The second-order valence-electron chi connectivity index (χ2n) is 5.71. The van der Waals surface area contributed by atoms with Crippen molar-refractivity contribution in [1.29, 1.82) is 0 Å². The van der Waals surface area contributed by atoms with Crippen LogP contribution < -0.4 is 9.75 Å². The lowest BCUT2D eigenvalue weighted by Gasteiger charge is -2.13. The molecular formula is C20H14BrN3O3S. The molecule has 0 radical (unpaired) electrons. The molecule has 1 amide bonds. The van der Waals surface area contributed by atoms with E-state index in [2.05, 4.69) is 26.0 Å². The second-order valence-corrected chi connectivity index (χ2v) is 7.64. The van der Waals surface area contributed by atoms with Crippen molar-refractivity contribution < 1.29 is 13.9 Å². The SMILES string of the molecule is COc1ccc(C(=O)N(/N=C/c2ccco2)c2nc3ccc(Br)cc3s2)cc1. The van der Waals surface area contributed by atoms with Crippen LogP contribution in [0.15, 0.2) is 74.9 Å². The number of halogens is 1. The average molecular weight is 456 g/mol. The molecule has 0 aliphatic carbocycles. The third-order valence-electron chi connectivity index (χ3n) is 3.89. The standard InChI is InChI=1S/C20H14BrN3O3S/c1-26-15-7-4-13(5-8-15)19(25)24(22-12-16-3-2-10-27-16)20-23-17-9-6-14(21)11-18(17)28-20/h2-12H,1H3/b22-12+. The molecule has 0 aliphatic rings. The number of aromatic nitrogens is 1. The minimum Gasteiger partial charge on any atom is -0.497 e. The molecule has 140 valence electrons. The van der Waals surface area contributed by atoms with Gasteiger partial charge in [0.1, 0.15) is 11.5 Å². The van der Waals surface area contributed by atoms with Gasteiger partial charge in [0, 0.05) is 10.0 Å². The number of ether oxygens (including phenoxy) is 1. The Labute approximate surface area is 173 Å². The van der Waals surface area contributed by atoms with Crippen LogP contribution in [0.25, 0.3) is 10.2 Å². The van der Waals surface area contributed by atoms with Gasteiger partial charge in [-0.25, -0.2) is 4.98 Å². The van der Waals surface area contributed by atoms with Crippen LogP contribution in [0.1, 0.15) is 16.1 Å². The highest BCUT2D eigenvalue weighted by molar-refractivity contribution is 9.10. The molecule has 2 heterocycles. The smallest absolute Gasteiger partial charge is 0.280 e. The number of hydrogen-bond acceptors (Lipinski definition) is 6. The number of nitrogens with zero attached hydrogens (tertiary/aromatic N) is 3. The van der Waals surface area contributed by atoms with Gasteiger partial charge in [0.05, 0.1) is 29.8 Å². The van der Waals surface area contributed by atoms with Gasteiger partial charge in [-0.1, -0.05) is 27.3 Å². The van der Waals surface area contributed by atoms with Crippen LogP contribution in [0.4, 0.5) is 5.13 Å². The minimum atomic E-state index is -0.302. The molecule has 8 heteroatoms. The van der Waals surface area contributed by atoms with Gasteiger partial charge in [0.25, 0.3) is 5.91 Å². The van der Waals surface area contributed by atoms with E-state index in [9.17, 15) is 4.79 Å². The first-order valence-corrected chi connectivity index (χ1v) is 9.87. The maximum absolute atomic E-state index is 13.1. The number of carbonyl (C=O) groups is 1. The zero-order valence-electron chi connectivity index (χ0n) is 14.7. The van der Waals surface area contributed by atoms with E-state index in [0.29, 0.717) is 22.2 Å².